The minimum atomic E-state index is 0. The predicted molar refractivity (Wildman–Crippen MR) is 46.7 cm³/mol. The Morgan fingerprint density at radius 3 is 2.91 bits per heavy atom. The van der Waals surface area contributed by atoms with Gasteiger partial charge in [0.2, 0.25) is 0 Å². The zero-order valence-corrected chi connectivity index (χ0v) is 8.90. The van der Waals surface area contributed by atoms with Crippen LogP contribution in [0.3, 0.4) is 0 Å². The van der Waals surface area contributed by atoms with E-state index in [2.05, 4.69) is 6.08 Å². The Labute approximate surface area is 84.4 Å². The van der Waals surface area contributed by atoms with Crippen molar-refractivity contribution in [2.75, 3.05) is 11.5 Å². The molecule has 0 amide bonds. The largest absolute Gasteiger partial charge is 0.399 e. The summed E-state index contributed by atoms with van der Waals surface area (Å²) >= 11 is 1.90. The van der Waals surface area contributed by atoms with Crippen LogP contribution in [-0.2, 0) is 18.6 Å². The summed E-state index contributed by atoms with van der Waals surface area (Å²) < 4.78 is 0. The van der Waals surface area contributed by atoms with Gasteiger partial charge in [-0.15, -0.1) is 5.71 Å². The first kappa shape index (κ1) is 11.3. The molecule has 0 aromatic rings. The fourth-order valence-corrected chi connectivity index (χ4v) is 1.71. The molecule has 1 radical (unpaired) electrons. The molecule has 0 aromatic heterocycles. The molecule has 0 aliphatic carbocycles. The van der Waals surface area contributed by atoms with Gasteiger partial charge in [-0.1, -0.05) is 25.5 Å². The quantitative estimate of drug-likeness (QED) is 0.542. The third-order valence-corrected chi connectivity index (χ3v) is 2.44. The summed E-state index contributed by atoms with van der Waals surface area (Å²) in [4.78, 5) is 0. The van der Waals surface area contributed by atoms with Gasteiger partial charge in [-0.25, -0.2) is 5.57 Å². The van der Waals surface area contributed by atoms with Crippen LogP contribution < -0.4 is 0 Å². The molecule has 3 heteroatoms. The number of nitrogens with one attached hydrogen (secondary N) is 1. The van der Waals surface area contributed by atoms with E-state index in [-0.39, 0.29) is 18.6 Å². The van der Waals surface area contributed by atoms with Crippen molar-refractivity contribution in [1.29, 1.82) is 5.41 Å². The summed E-state index contributed by atoms with van der Waals surface area (Å²) in [5.41, 5.74) is 1.93. The molecule has 0 unspecified atom stereocenters. The molecule has 1 N–H and O–H groups in total. The molecule has 0 atom stereocenters. The van der Waals surface area contributed by atoms with E-state index in [1.165, 1.54) is 5.75 Å². The van der Waals surface area contributed by atoms with Crippen LogP contribution in [0, 0.1) is 11.5 Å². The van der Waals surface area contributed by atoms with E-state index in [0.29, 0.717) is 0 Å². The maximum absolute atomic E-state index is 7.52. The predicted octanol–water partition coefficient (Wildman–Crippen LogP) is 2.28. The van der Waals surface area contributed by atoms with Crippen LogP contribution in [0.1, 0.15) is 19.8 Å². The van der Waals surface area contributed by atoms with E-state index in [9.17, 15) is 0 Å². The van der Waals surface area contributed by atoms with Crippen molar-refractivity contribution >= 4 is 17.5 Å². The molecule has 0 bridgehead atoms. The number of rotatable bonds is 2. The summed E-state index contributed by atoms with van der Waals surface area (Å²) in [6.07, 6.45) is 5.13. The van der Waals surface area contributed by atoms with E-state index in [1.807, 2.05) is 18.7 Å². The zero-order chi connectivity index (χ0) is 7.40. The van der Waals surface area contributed by atoms with Gasteiger partial charge in [-0.2, -0.15) is 11.8 Å². The Kier molecular flexibility index (Phi) is 6.11. The van der Waals surface area contributed by atoms with Gasteiger partial charge in [0.25, 0.3) is 0 Å². The average molecular weight is 205 g/mol. The van der Waals surface area contributed by atoms with Gasteiger partial charge >= 0.3 is 0 Å². The van der Waals surface area contributed by atoms with Crippen molar-refractivity contribution in [1.82, 2.24) is 0 Å². The topological polar surface area (TPSA) is 23.9 Å². The average Bonchev–Trinajstić information content (AvgIpc) is 2.05. The van der Waals surface area contributed by atoms with Crippen LogP contribution in [-0.4, -0.2) is 17.2 Å². The van der Waals surface area contributed by atoms with Crippen LogP contribution >= 0.6 is 11.8 Å². The molecule has 1 aliphatic rings. The molecule has 0 fully saturated rings. The Hall–Kier alpha value is 0.344. The molecule has 11 heavy (non-hydrogen) atoms. The second-order valence-electron chi connectivity index (χ2n) is 2.29. The molecule has 1 nitrogen and oxygen atoms in total. The first-order valence-corrected chi connectivity index (χ1v) is 4.75. The molecule has 1 aliphatic heterocycles. The first-order valence-electron chi connectivity index (χ1n) is 3.60. The summed E-state index contributed by atoms with van der Waals surface area (Å²) in [5, 5.41) is 7.52. The molecule has 0 spiro atoms. The van der Waals surface area contributed by atoms with Gasteiger partial charge in [0.15, 0.2) is 0 Å². The SMILES string of the molecule is CCC(=N)C1=[C-]CSCC1.[V]. The third kappa shape index (κ3) is 3.50. The Bertz CT molecular complexity index is 165. The summed E-state index contributed by atoms with van der Waals surface area (Å²) in [5.74, 6) is 2.16. The minimum absolute atomic E-state index is 0. The van der Waals surface area contributed by atoms with Crippen molar-refractivity contribution in [3.8, 4) is 0 Å². The van der Waals surface area contributed by atoms with Crippen molar-refractivity contribution in [2.45, 2.75) is 19.8 Å². The minimum Gasteiger partial charge on any atom is -0.399 e. The van der Waals surface area contributed by atoms with Gasteiger partial charge in [0.05, 0.1) is 0 Å². The Balaban J connectivity index is 0.000001000. The number of hydrogen-bond acceptors (Lipinski definition) is 2. The fourth-order valence-electron chi connectivity index (χ4n) is 0.944. The summed E-state index contributed by atoms with van der Waals surface area (Å²) in [6.45, 7) is 2.03. The number of hydrogen-bond donors (Lipinski definition) is 1. The van der Waals surface area contributed by atoms with Gasteiger partial charge in [0, 0.05) is 18.6 Å². The van der Waals surface area contributed by atoms with Crippen LogP contribution in [0.15, 0.2) is 5.57 Å². The van der Waals surface area contributed by atoms with E-state index >= 15 is 0 Å². The number of thioether (sulfide) groups is 1. The van der Waals surface area contributed by atoms with E-state index in [1.54, 1.807) is 0 Å². The van der Waals surface area contributed by atoms with E-state index < -0.39 is 0 Å². The molecule has 0 aromatic carbocycles. The van der Waals surface area contributed by atoms with Gasteiger partial charge < -0.3 is 5.41 Å². The summed E-state index contributed by atoms with van der Waals surface area (Å²) in [7, 11) is 0. The molecule has 1 heterocycles. The van der Waals surface area contributed by atoms with Crippen LogP contribution in [0.2, 0.25) is 0 Å². The maximum atomic E-state index is 7.52. The fraction of sp³-hybridized carbons (Fsp3) is 0.625. The Morgan fingerprint density at radius 1 is 1.73 bits per heavy atom. The molecule has 0 saturated carbocycles. The monoisotopic (exact) mass is 205 g/mol. The van der Waals surface area contributed by atoms with Crippen molar-refractivity contribution in [2.24, 2.45) is 0 Å². The smallest absolute Gasteiger partial charge is 0 e. The van der Waals surface area contributed by atoms with Crippen molar-refractivity contribution in [3.63, 3.8) is 0 Å². The van der Waals surface area contributed by atoms with Crippen molar-refractivity contribution in [3.05, 3.63) is 11.6 Å². The normalized spacial score (nSPS) is 16.6. The molecule has 0 saturated heterocycles. The second kappa shape index (κ2) is 5.93. The van der Waals surface area contributed by atoms with Gasteiger partial charge in [-0.05, 0) is 5.75 Å². The first-order chi connectivity index (χ1) is 4.84. The summed E-state index contributed by atoms with van der Waals surface area (Å²) in [6, 6.07) is 0. The molecule has 1 rings (SSSR count). The third-order valence-electron chi connectivity index (χ3n) is 1.60. The van der Waals surface area contributed by atoms with Crippen LogP contribution in [0.5, 0.6) is 0 Å². The van der Waals surface area contributed by atoms with E-state index in [4.69, 9.17) is 5.41 Å². The van der Waals surface area contributed by atoms with Gasteiger partial charge in [0.1, 0.15) is 0 Å². The zero-order valence-electron chi connectivity index (χ0n) is 6.68. The van der Waals surface area contributed by atoms with Crippen LogP contribution in [0.4, 0.5) is 0 Å². The Morgan fingerprint density at radius 2 is 2.45 bits per heavy atom. The molecular weight excluding hydrogens is 193 g/mol. The molecular formula is C8H12NSV-. The second-order valence-corrected chi connectivity index (χ2v) is 3.40. The van der Waals surface area contributed by atoms with Crippen LogP contribution in [0.25, 0.3) is 0 Å². The van der Waals surface area contributed by atoms with E-state index in [0.717, 1.165) is 29.9 Å². The molecule has 61 valence electrons. The number of allylic oxidation sites excluding steroid dienone is 1. The van der Waals surface area contributed by atoms with Gasteiger partial charge in [-0.3, -0.25) is 6.08 Å². The maximum Gasteiger partial charge on any atom is 0 e. The van der Waals surface area contributed by atoms with Crippen molar-refractivity contribution < 1.29 is 18.6 Å². The standard InChI is InChI=1S/C8H12NS.V/c1-2-8(9)7-3-5-10-6-4-7;/h9H,2-3,5-6H2,1H3;/q-1;.